The normalized spacial score (nSPS) is 11.3. The molecule has 26 heavy (non-hydrogen) atoms. The highest BCUT2D eigenvalue weighted by Gasteiger charge is 2.17. The van der Waals surface area contributed by atoms with Gasteiger partial charge in [-0.25, -0.2) is 27.6 Å². The van der Waals surface area contributed by atoms with E-state index in [1.807, 2.05) is 0 Å². The number of sulfonamides is 1. The minimum Gasteiger partial charge on any atom is -0.465 e. The number of benzene rings is 1. The third-order valence-corrected chi connectivity index (χ3v) is 5.01. The van der Waals surface area contributed by atoms with E-state index in [1.165, 1.54) is 31.4 Å². The molecule has 0 fully saturated rings. The first-order valence-corrected chi connectivity index (χ1v) is 9.11. The number of esters is 1. The van der Waals surface area contributed by atoms with Gasteiger partial charge in [0.25, 0.3) is 0 Å². The van der Waals surface area contributed by atoms with Crippen molar-refractivity contribution in [1.29, 1.82) is 0 Å². The van der Waals surface area contributed by atoms with Crippen LogP contribution in [0, 0.1) is 0 Å². The average Bonchev–Trinajstić information content (AvgIpc) is 3.21. The number of aromatic nitrogens is 3. The lowest BCUT2D eigenvalue weighted by Crippen LogP contribution is -2.24. The van der Waals surface area contributed by atoms with Crippen LogP contribution in [0.25, 0.3) is 5.82 Å². The molecule has 0 saturated carbocycles. The van der Waals surface area contributed by atoms with Crippen LogP contribution in [0.1, 0.15) is 15.9 Å². The van der Waals surface area contributed by atoms with E-state index < -0.39 is 16.0 Å². The highest BCUT2D eigenvalue weighted by atomic mass is 32.2. The number of methoxy groups -OCH3 is 1. The zero-order valence-corrected chi connectivity index (χ0v) is 14.7. The van der Waals surface area contributed by atoms with E-state index in [4.69, 9.17) is 0 Å². The van der Waals surface area contributed by atoms with Crippen molar-refractivity contribution >= 4 is 16.0 Å². The van der Waals surface area contributed by atoms with Crippen molar-refractivity contribution in [3.05, 3.63) is 72.2 Å². The fraction of sp³-hybridized carbons (Fsp3) is 0.118. The lowest BCUT2D eigenvalue weighted by molar-refractivity contribution is 0.0600. The molecule has 3 rings (SSSR count). The van der Waals surface area contributed by atoms with Crippen LogP contribution in [0.3, 0.4) is 0 Å². The average molecular weight is 372 g/mol. The van der Waals surface area contributed by atoms with Gasteiger partial charge in [0.05, 0.1) is 17.6 Å². The van der Waals surface area contributed by atoms with Gasteiger partial charge in [-0.15, -0.1) is 0 Å². The summed E-state index contributed by atoms with van der Waals surface area (Å²) in [5.41, 5.74) is 0.817. The summed E-state index contributed by atoms with van der Waals surface area (Å²) < 4.78 is 33.8. The van der Waals surface area contributed by atoms with Crippen LogP contribution in [0.2, 0.25) is 0 Å². The van der Waals surface area contributed by atoms with Crippen LogP contribution >= 0.6 is 0 Å². The molecule has 0 aliphatic carbocycles. The quantitative estimate of drug-likeness (QED) is 0.658. The fourth-order valence-electron chi connectivity index (χ4n) is 2.33. The summed E-state index contributed by atoms with van der Waals surface area (Å²) in [6, 6.07) is 10.9. The van der Waals surface area contributed by atoms with Crippen molar-refractivity contribution in [2.24, 2.45) is 0 Å². The number of pyridine rings is 1. The minimum atomic E-state index is -3.82. The summed E-state index contributed by atoms with van der Waals surface area (Å²) in [5.74, 6) is -0.0706. The lowest BCUT2D eigenvalue weighted by atomic mass is 10.2. The number of ether oxygens (including phenoxy) is 1. The minimum absolute atomic E-state index is 0.0216. The summed E-state index contributed by atoms with van der Waals surface area (Å²) in [4.78, 5) is 15.8. The predicted octanol–water partition coefficient (Wildman–Crippen LogP) is 1.53. The lowest BCUT2D eigenvalue weighted by Gasteiger charge is -2.11. The molecule has 134 valence electrons. The van der Waals surface area contributed by atoms with Gasteiger partial charge in [0, 0.05) is 30.7 Å². The summed E-state index contributed by atoms with van der Waals surface area (Å²) in [5, 5.41) is 4.12. The van der Waals surface area contributed by atoms with Crippen molar-refractivity contribution < 1.29 is 17.9 Å². The monoisotopic (exact) mass is 372 g/mol. The van der Waals surface area contributed by atoms with Crippen LogP contribution < -0.4 is 4.72 Å². The molecule has 0 atom stereocenters. The zero-order chi connectivity index (χ0) is 18.6. The molecule has 9 heteroatoms. The molecule has 0 bridgehead atoms. The van der Waals surface area contributed by atoms with Crippen molar-refractivity contribution in [3.63, 3.8) is 0 Å². The predicted molar refractivity (Wildman–Crippen MR) is 93.2 cm³/mol. The molecule has 2 aromatic heterocycles. The van der Waals surface area contributed by atoms with Crippen LogP contribution in [0.15, 0.2) is 66.0 Å². The standard InChI is InChI=1S/C17H16N4O4S/c1-25-17(22)13-5-2-7-15(11-13)26(23,24)20-12-14-6-3-8-18-16(14)21-10-4-9-19-21/h2-11,20H,12H2,1H3. The van der Waals surface area contributed by atoms with E-state index in [0.717, 1.165) is 0 Å². The molecular formula is C17H16N4O4S. The second-order valence-electron chi connectivity index (χ2n) is 5.28. The molecule has 3 aromatic rings. The Labute approximate surface area is 150 Å². The van der Waals surface area contributed by atoms with Crippen LogP contribution in [0.4, 0.5) is 0 Å². The Morgan fingerprint density at radius 2 is 2.04 bits per heavy atom. The first kappa shape index (κ1) is 17.8. The van der Waals surface area contributed by atoms with Gasteiger partial charge < -0.3 is 4.74 Å². The Kier molecular flexibility index (Phi) is 5.10. The van der Waals surface area contributed by atoms with Crippen LogP contribution in [-0.2, 0) is 21.3 Å². The molecule has 0 amide bonds. The summed E-state index contributed by atoms with van der Waals surface area (Å²) in [6.07, 6.45) is 4.94. The third kappa shape index (κ3) is 3.79. The molecule has 0 aliphatic heterocycles. The van der Waals surface area contributed by atoms with Gasteiger partial charge in [-0.05, 0) is 30.3 Å². The van der Waals surface area contributed by atoms with Gasteiger partial charge in [0.2, 0.25) is 10.0 Å². The molecule has 1 aromatic carbocycles. The third-order valence-electron chi connectivity index (χ3n) is 3.61. The highest BCUT2D eigenvalue weighted by Crippen LogP contribution is 2.15. The molecule has 0 saturated heterocycles. The molecule has 0 radical (unpaired) electrons. The second-order valence-corrected chi connectivity index (χ2v) is 7.05. The zero-order valence-electron chi connectivity index (χ0n) is 13.9. The van der Waals surface area contributed by atoms with Gasteiger partial charge in [-0.2, -0.15) is 5.10 Å². The fourth-order valence-corrected chi connectivity index (χ4v) is 3.38. The van der Waals surface area contributed by atoms with Gasteiger partial charge in [0.15, 0.2) is 5.82 Å². The van der Waals surface area contributed by atoms with Crippen molar-refractivity contribution in [3.8, 4) is 5.82 Å². The van der Waals surface area contributed by atoms with Gasteiger partial charge >= 0.3 is 5.97 Å². The van der Waals surface area contributed by atoms with E-state index in [-0.39, 0.29) is 17.0 Å². The van der Waals surface area contributed by atoms with E-state index in [1.54, 1.807) is 41.5 Å². The Morgan fingerprint density at radius 3 is 2.77 bits per heavy atom. The number of nitrogens with one attached hydrogen (secondary N) is 1. The summed E-state index contributed by atoms with van der Waals surface area (Å²) in [7, 11) is -2.59. The van der Waals surface area contributed by atoms with Gasteiger partial charge in [-0.3, -0.25) is 0 Å². The van der Waals surface area contributed by atoms with Crippen molar-refractivity contribution in [2.75, 3.05) is 7.11 Å². The smallest absolute Gasteiger partial charge is 0.337 e. The molecule has 0 aliphatic rings. The SMILES string of the molecule is COC(=O)c1cccc(S(=O)(=O)NCc2cccnc2-n2cccn2)c1. The van der Waals surface area contributed by atoms with Crippen LogP contribution in [0.5, 0.6) is 0 Å². The van der Waals surface area contributed by atoms with E-state index in [9.17, 15) is 13.2 Å². The maximum atomic E-state index is 12.6. The van der Waals surface area contributed by atoms with E-state index in [2.05, 4.69) is 19.5 Å². The number of carbonyl (C=O) groups is 1. The molecule has 0 unspecified atom stereocenters. The first-order chi connectivity index (χ1) is 12.5. The maximum absolute atomic E-state index is 12.6. The van der Waals surface area contributed by atoms with Gasteiger partial charge in [-0.1, -0.05) is 12.1 Å². The molecule has 8 nitrogen and oxygen atoms in total. The highest BCUT2D eigenvalue weighted by molar-refractivity contribution is 7.89. The van der Waals surface area contributed by atoms with E-state index >= 15 is 0 Å². The molecule has 2 heterocycles. The summed E-state index contributed by atoms with van der Waals surface area (Å²) in [6.45, 7) is 0.0216. The largest absolute Gasteiger partial charge is 0.465 e. The topological polar surface area (TPSA) is 103 Å². The second kappa shape index (κ2) is 7.46. The Bertz CT molecular complexity index is 1020. The van der Waals surface area contributed by atoms with Crippen molar-refractivity contribution in [2.45, 2.75) is 11.4 Å². The van der Waals surface area contributed by atoms with E-state index in [0.29, 0.717) is 11.4 Å². The Morgan fingerprint density at radius 1 is 1.19 bits per heavy atom. The summed E-state index contributed by atoms with van der Waals surface area (Å²) >= 11 is 0. The Hall–Kier alpha value is -3.04. The number of hydrogen-bond donors (Lipinski definition) is 1. The number of rotatable bonds is 6. The van der Waals surface area contributed by atoms with Gasteiger partial charge in [0.1, 0.15) is 0 Å². The Balaban J connectivity index is 1.83. The van der Waals surface area contributed by atoms with Crippen LogP contribution in [-0.4, -0.2) is 36.3 Å². The number of nitrogens with zero attached hydrogens (tertiary/aromatic N) is 3. The molecular weight excluding hydrogens is 356 g/mol. The molecule has 1 N–H and O–H groups in total. The first-order valence-electron chi connectivity index (χ1n) is 7.63. The maximum Gasteiger partial charge on any atom is 0.337 e. The number of carbonyl (C=O) groups excluding carboxylic acids is 1. The number of hydrogen-bond acceptors (Lipinski definition) is 6. The molecule has 0 spiro atoms. The van der Waals surface area contributed by atoms with Crippen molar-refractivity contribution in [1.82, 2.24) is 19.5 Å².